The highest BCUT2D eigenvalue weighted by atomic mass is 32.2. The van der Waals surface area contributed by atoms with Gasteiger partial charge in [-0.15, -0.1) is 0 Å². The zero-order valence-corrected chi connectivity index (χ0v) is 15.7. The van der Waals surface area contributed by atoms with E-state index in [1.54, 1.807) is 18.7 Å². The molecule has 6 nitrogen and oxygen atoms in total. The molecule has 3 aromatic rings. The second-order valence-electron chi connectivity index (χ2n) is 6.27. The van der Waals surface area contributed by atoms with Gasteiger partial charge in [-0.25, -0.2) is 5.43 Å². The van der Waals surface area contributed by atoms with Gasteiger partial charge in [-0.3, -0.25) is 4.79 Å². The van der Waals surface area contributed by atoms with Crippen molar-refractivity contribution in [1.82, 2.24) is 5.43 Å². The number of amides is 1. The summed E-state index contributed by atoms with van der Waals surface area (Å²) in [5.41, 5.74) is 6.00. The molecule has 28 heavy (non-hydrogen) atoms. The zero-order chi connectivity index (χ0) is 19.7. The Bertz CT molecular complexity index is 1110. The predicted molar refractivity (Wildman–Crippen MR) is 110 cm³/mol. The Labute approximate surface area is 165 Å². The largest absolute Gasteiger partial charge is 0.508 e. The number of fused-ring (bicyclic) bond motifs is 2. The summed E-state index contributed by atoms with van der Waals surface area (Å²) in [4.78, 5) is 14.5. The molecule has 0 fully saturated rings. The van der Waals surface area contributed by atoms with Gasteiger partial charge in [0.25, 0.3) is 5.91 Å². The molecular formula is C21H17N3O3S. The molecule has 4 N–H and O–H groups in total. The fraction of sp³-hybridized carbons (Fsp3) is 0.0476. The van der Waals surface area contributed by atoms with Crippen LogP contribution in [0.3, 0.4) is 0 Å². The van der Waals surface area contributed by atoms with Crippen LogP contribution in [-0.4, -0.2) is 21.8 Å². The number of hydrazone groups is 1. The van der Waals surface area contributed by atoms with Crippen molar-refractivity contribution in [2.24, 2.45) is 5.10 Å². The number of carbonyl (C=O) groups is 1. The molecule has 3 aromatic carbocycles. The molecule has 1 heterocycles. The van der Waals surface area contributed by atoms with Crippen molar-refractivity contribution in [3.63, 3.8) is 0 Å². The van der Waals surface area contributed by atoms with Gasteiger partial charge in [0.1, 0.15) is 11.5 Å². The number of para-hydroxylation sites is 1. The summed E-state index contributed by atoms with van der Waals surface area (Å²) >= 11 is 1.70. The normalized spacial score (nSPS) is 12.5. The highest BCUT2D eigenvalue weighted by Gasteiger charge is 2.16. The van der Waals surface area contributed by atoms with Crippen LogP contribution in [0, 0.1) is 0 Å². The first-order valence-corrected chi connectivity index (χ1v) is 9.38. The van der Waals surface area contributed by atoms with Crippen LogP contribution in [0.15, 0.2) is 75.6 Å². The van der Waals surface area contributed by atoms with E-state index in [-0.39, 0.29) is 17.1 Å². The molecule has 4 rings (SSSR count). The third kappa shape index (κ3) is 3.52. The highest BCUT2D eigenvalue weighted by Crippen LogP contribution is 2.44. The molecule has 1 amide bonds. The lowest BCUT2D eigenvalue weighted by Crippen LogP contribution is -2.19. The minimum absolute atomic E-state index is 0.0365. The van der Waals surface area contributed by atoms with Crippen molar-refractivity contribution < 1.29 is 15.0 Å². The van der Waals surface area contributed by atoms with E-state index in [0.29, 0.717) is 5.71 Å². The molecule has 0 aromatic heterocycles. The van der Waals surface area contributed by atoms with Gasteiger partial charge in [0, 0.05) is 15.9 Å². The molecule has 0 saturated heterocycles. The third-order valence-electron chi connectivity index (χ3n) is 4.32. The lowest BCUT2D eigenvalue weighted by atomic mass is 10.1. The number of carbonyl (C=O) groups excluding carboxylic acids is 1. The Morgan fingerprint density at radius 3 is 2.61 bits per heavy atom. The molecule has 0 unspecified atom stereocenters. The van der Waals surface area contributed by atoms with Gasteiger partial charge in [-0.1, -0.05) is 30.0 Å². The average Bonchev–Trinajstić information content (AvgIpc) is 2.69. The Kier molecular flexibility index (Phi) is 4.67. The van der Waals surface area contributed by atoms with Gasteiger partial charge in [-0.05, 0) is 48.9 Å². The van der Waals surface area contributed by atoms with E-state index in [9.17, 15) is 15.0 Å². The summed E-state index contributed by atoms with van der Waals surface area (Å²) < 4.78 is 0. The summed E-state index contributed by atoms with van der Waals surface area (Å²) in [6.45, 7) is 1.79. The maximum absolute atomic E-state index is 12.2. The van der Waals surface area contributed by atoms with E-state index in [1.165, 1.54) is 17.0 Å². The van der Waals surface area contributed by atoms with E-state index in [0.717, 1.165) is 27.9 Å². The molecule has 7 heteroatoms. The third-order valence-corrected chi connectivity index (χ3v) is 5.48. The summed E-state index contributed by atoms with van der Waals surface area (Å²) in [7, 11) is 0. The number of benzene rings is 3. The van der Waals surface area contributed by atoms with Crippen LogP contribution in [0.4, 0.5) is 11.4 Å². The van der Waals surface area contributed by atoms with Crippen LogP contribution in [0.2, 0.25) is 0 Å². The predicted octanol–water partition coefficient (Wildman–Crippen LogP) is 4.46. The van der Waals surface area contributed by atoms with Crippen molar-refractivity contribution >= 4 is 34.8 Å². The van der Waals surface area contributed by atoms with Crippen molar-refractivity contribution in [3.8, 4) is 11.5 Å². The summed E-state index contributed by atoms with van der Waals surface area (Å²) in [6, 6.07) is 17.8. The van der Waals surface area contributed by atoms with Crippen LogP contribution < -0.4 is 10.7 Å². The van der Waals surface area contributed by atoms with Crippen LogP contribution in [-0.2, 0) is 0 Å². The van der Waals surface area contributed by atoms with Gasteiger partial charge in [-0.2, -0.15) is 5.10 Å². The SMILES string of the molecule is C/C(=N/NC(=O)c1ccc(O)cc1O)c1ccc2c(c1)Nc1ccccc1S2. The van der Waals surface area contributed by atoms with Crippen molar-refractivity contribution in [1.29, 1.82) is 0 Å². The minimum Gasteiger partial charge on any atom is -0.508 e. The van der Waals surface area contributed by atoms with E-state index in [2.05, 4.69) is 21.9 Å². The monoisotopic (exact) mass is 391 g/mol. The van der Waals surface area contributed by atoms with Crippen molar-refractivity contribution in [2.75, 3.05) is 5.32 Å². The van der Waals surface area contributed by atoms with E-state index < -0.39 is 5.91 Å². The van der Waals surface area contributed by atoms with Gasteiger partial charge < -0.3 is 15.5 Å². The van der Waals surface area contributed by atoms with E-state index in [1.807, 2.05) is 36.4 Å². The van der Waals surface area contributed by atoms with Crippen molar-refractivity contribution in [3.05, 3.63) is 71.8 Å². The molecule has 1 aliphatic rings. The molecule has 140 valence electrons. The molecular weight excluding hydrogens is 374 g/mol. The zero-order valence-electron chi connectivity index (χ0n) is 14.9. The second-order valence-corrected chi connectivity index (χ2v) is 7.36. The molecule has 0 bridgehead atoms. The van der Waals surface area contributed by atoms with E-state index >= 15 is 0 Å². The number of anilines is 2. The Morgan fingerprint density at radius 2 is 1.79 bits per heavy atom. The summed E-state index contributed by atoms with van der Waals surface area (Å²) in [6.07, 6.45) is 0. The van der Waals surface area contributed by atoms with Crippen LogP contribution in [0.5, 0.6) is 11.5 Å². The van der Waals surface area contributed by atoms with Crippen LogP contribution in [0.1, 0.15) is 22.8 Å². The van der Waals surface area contributed by atoms with Gasteiger partial charge in [0.2, 0.25) is 0 Å². The fourth-order valence-electron chi connectivity index (χ4n) is 2.84. The standard InChI is InChI=1S/C21H17N3O3S/c1-12(23-24-21(27)15-8-7-14(25)11-18(15)26)13-6-9-20-17(10-13)22-16-4-2-3-5-19(16)28-20/h2-11,22,25-26H,1H3,(H,24,27)/b23-12-. The number of rotatable bonds is 3. The minimum atomic E-state index is -0.558. The fourth-order valence-corrected chi connectivity index (χ4v) is 3.80. The highest BCUT2D eigenvalue weighted by molar-refractivity contribution is 7.99. The molecule has 0 saturated carbocycles. The Balaban J connectivity index is 1.52. The van der Waals surface area contributed by atoms with E-state index in [4.69, 9.17) is 0 Å². The second kappa shape index (κ2) is 7.28. The molecule has 0 radical (unpaired) electrons. The number of phenols is 2. The van der Waals surface area contributed by atoms with Gasteiger partial charge in [0.15, 0.2) is 0 Å². The van der Waals surface area contributed by atoms with Crippen LogP contribution >= 0.6 is 11.8 Å². The first kappa shape index (κ1) is 17.9. The van der Waals surface area contributed by atoms with Crippen LogP contribution in [0.25, 0.3) is 0 Å². The summed E-state index contributed by atoms with van der Waals surface area (Å²) in [5, 5.41) is 26.6. The number of hydrogen-bond donors (Lipinski definition) is 4. The number of nitrogens with one attached hydrogen (secondary N) is 2. The number of aromatic hydroxyl groups is 2. The first-order chi connectivity index (χ1) is 13.5. The Hall–Kier alpha value is -3.45. The van der Waals surface area contributed by atoms with Crippen molar-refractivity contribution in [2.45, 2.75) is 16.7 Å². The number of phenolic OH excluding ortho intramolecular Hbond substituents is 2. The van der Waals surface area contributed by atoms with Gasteiger partial charge >= 0.3 is 0 Å². The molecule has 1 aliphatic heterocycles. The number of nitrogens with zero attached hydrogens (tertiary/aromatic N) is 1. The quantitative estimate of drug-likeness (QED) is 0.306. The number of hydrogen-bond acceptors (Lipinski definition) is 6. The smallest absolute Gasteiger partial charge is 0.275 e. The summed E-state index contributed by atoms with van der Waals surface area (Å²) in [5.74, 6) is -0.980. The topological polar surface area (TPSA) is 94.0 Å². The first-order valence-electron chi connectivity index (χ1n) is 8.56. The maximum atomic E-state index is 12.2. The average molecular weight is 391 g/mol. The lowest BCUT2D eigenvalue weighted by Gasteiger charge is -2.21. The molecule has 0 aliphatic carbocycles. The lowest BCUT2D eigenvalue weighted by molar-refractivity contribution is 0.0952. The maximum Gasteiger partial charge on any atom is 0.275 e. The Morgan fingerprint density at radius 1 is 1.00 bits per heavy atom. The van der Waals surface area contributed by atoms with Gasteiger partial charge in [0.05, 0.1) is 22.6 Å². The molecule has 0 atom stereocenters. The molecule has 0 spiro atoms.